The molecule has 0 spiro atoms. The molecule has 2 aromatic rings. The second-order valence-corrected chi connectivity index (χ2v) is 5.48. The molecule has 1 saturated heterocycles. The van der Waals surface area contributed by atoms with E-state index in [4.69, 9.17) is 4.74 Å². The lowest BCUT2D eigenvalue weighted by Gasteiger charge is -2.32. The van der Waals surface area contributed by atoms with Crippen molar-refractivity contribution in [1.82, 2.24) is 14.5 Å². The molecular formula is C17H21N3O2. The average Bonchev–Trinajstić information content (AvgIpc) is 3.10. The summed E-state index contributed by atoms with van der Waals surface area (Å²) in [5, 5.41) is 0. The highest BCUT2D eigenvalue weighted by atomic mass is 16.5. The lowest BCUT2D eigenvalue weighted by molar-refractivity contribution is 0.182. The number of amides is 1. The number of nitrogens with zero attached hydrogens (tertiary/aromatic N) is 3. The summed E-state index contributed by atoms with van der Waals surface area (Å²) >= 11 is 0. The standard InChI is InChI=1S/C17H21N3O2/c1-2-22-16-6-4-3-5-15(16)14-7-10-19(11-8-14)17(21)20-12-9-18-13-20/h3-6,9,12-14H,2,7-8,10-11H2,1H3. The number of rotatable bonds is 3. The van der Waals surface area contributed by atoms with Gasteiger partial charge in [-0.1, -0.05) is 18.2 Å². The molecular weight excluding hydrogens is 278 g/mol. The molecule has 0 bridgehead atoms. The molecule has 3 rings (SSSR count). The highest BCUT2D eigenvalue weighted by Crippen LogP contribution is 2.34. The molecule has 1 aromatic carbocycles. The van der Waals surface area contributed by atoms with Crippen LogP contribution in [0.15, 0.2) is 43.0 Å². The smallest absolute Gasteiger partial charge is 0.329 e. The summed E-state index contributed by atoms with van der Waals surface area (Å²) in [5.41, 5.74) is 1.26. The van der Waals surface area contributed by atoms with Gasteiger partial charge in [0.05, 0.1) is 6.61 Å². The van der Waals surface area contributed by atoms with Gasteiger partial charge in [0.1, 0.15) is 12.1 Å². The molecule has 0 unspecified atom stereocenters. The van der Waals surface area contributed by atoms with Crippen molar-refractivity contribution in [2.75, 3.05) is 19.7 Å². The van der Waals surface area contributed by atoms with Crippen molar-refractivity contribution >= 4 is 6.03 Å². The summed E-state index contributed by atoms with van der Waals surface area (Å²) in [6.07, 6.45) is 6.80. The fourth-order valence-corrected chi connectivity index (χ4v) is 3.02. The van der Waals surface area contributed by atoms with Crippen molar-refractivity contribution in [3.63, 3.8) is 0 Å². The van der Waals surface area contributed by atoms with Crippen LogP contribution in [0.3, 0.4) is 0 Å². The van der Waals surface area contributed by atoms with E-state index >= 15 is 0 Å². The third-order valence-electron chi connectivity index (χ3n) is 4.15. The Morgan fingerprint density at radius 2 is 2.09 bits per heavy atom. The van der Waals surface area contributed by atoms with E-state index in [0.29, 0.717) is 12.5 Å². The molecule has 5 heteroatoms. The molecule has 0 saturated carbocycles. The van der Waals surface area contributed by atoms with Crippen molar-refractivity contribution in [3.05, 3.63) is 48.5 Å². The van der Waals surface area contributed by atoms with Gasteiger partial charge in [-0.3, -0.25) is 4.57 Å². The monoisotopic (exact) mass is 299 g/mol. The van der Waals surface area contributed by atoms with Crippen molar-refractivity contribution in [2.24, 2.45) is 0 Å². The molecule has 0 atom stereocenters. The van der Waals surface area contributed by atoms with Gasteiger partial charge in [0.15, 0.2) is 0 Å². The first kappa shape index (κ1) is 14.6. The Balaban J connectivity index is 1.66. The zero-order chi connectivity index (χ0) is 15.4. The van der Waals surface area contributed by atoms with E-state index in [1.807, 2.05) is 24.0 Å². The van der Waals surface area contributed by atoms with Gasteiger partial charge in [-0.05, 0) is 37.3 Å². The maximum Gasteiger partial charge on any atom is 0.329 e. The van der Waals surface area contributed by atoms with Gasteiger partial charge < -0.3 is 9.64 Å². The predicted molar refractivity (Wildman–Crippen MR) is 84.2 cm³/mol. The lowest BCUT2D eigenvalue weighted by atomic mass is 9.89. The third-order valence-corrected chi connectivity index (χ3v) is 4.15. The number of aromatic nitrogens is 2. The van der Waals surface area contributed by atoms with Gasteiger partial charge in [0, 0.05) is 25.5 Å². The van der Waals surface area contributed by atoms with Crippen LogP contribution in [-0.2, 0) is 0 Å². The van der Waals surface area contributed by atoms with Crippen LogP contribution in [-0.4, -0.2) is 40.2 Å². The van der Waals surface area contributed by atoms with Gasteiger partial charge in [0.2, 0.25) is 0 Å². The van der Waals surface area contributed by atoms with Crippen molar-refractivity contribution < 1.29 is 9.53 Å². The summed E-state index contributed by atoms with van der Waals surface area (Å²) in [5.74, 6) is 1.43. The minimum atomic E-state index is 0.00837. The van der Waals surface area contributed by atoms with E-state index in [2.05, 4.69) is 17.1 Å². The second-order valence-electron chi connectivity index (χ2n) is 5.48. The summed E-state index contributed by atoms with van der Waals surface area (Å²) in [4.78, 5) is 18.1. The van der Waals surface area contributed by atoms with E-state index in [1.54, 1.807) is 18.7 Å². The first-order chi connectivity index (χ1) is 10.8. The van der Waals surface area contributed by atoms with E-state index in [-0.39, 0.29) is 6.03 Å². The molecule has 1 amide bonds. The molecule has 0 aliphatic carbocycles. The Labute approximate surface area is 130 Å². The number of benzene rings is 1. The van der Waals surface area contributed by atoms with Crippen molar-refractivity contribution in [3.8, 4) is 5.75 Å². The van der Waals surface area contributed by atoms with E-state index < -0.39 is 0 Å². The summed E-state index contributed by atoms with van der Waals surface area (Å²) in [6, 6.07) is 8.24. The summed E-state index contributed by atoms with van der Waals surface area (Å²) in [6.45, 7) is 4.21. The molecule has 1 aliphatic rings. The van der Waals surface area contributed by atoms with Gasteiger partial charge >= 0.3 is 6.03 Å². The first-order valence-electron chi connectivity index (χ1n) is 7.78. The normalized spacial score (nSPS) is 15.8. The molecule has 0 radical (unpaired) electrons. The lowest BCUT2D eigenvalue weighted by Crippen LogP contribution is -2.40. The number of hydrogen-bond acceptors (Lipinski definition) is 3. The number of hydrogen-bond donors (Lipinski definition) is 0. The van der Waals surface area contributed by atoms with Gasteiger partial charge in [-0.2, -0.15) is 0 Å². The van der Waals surface area contributed by atoms with E-state index in [0.717, 1.165) is 31.7 Å². The average molecular weight is 299 g/mol. The zero-order valence-corrected chi connectivity index (χ0v) is 12.8. The van der Waals surface area contributed by atoms with Gasteiger partial charge in [0.25, 0.3) is 0 Å². The Bertz CT molecular complexity index is 617. The number of ether oxygens (including phenoxy) is 1. The van der Waals surface area contributed by atoms with E-state index in [9.17, 15) is 4.79 Å². The van der Waals surface area contributed by atoms with E-state index in [1.165, 1.54) is 10.1 Å². The topological polar surface area (TPSA) is 47.4 Å². The first-order valence-corrected chi connectivity index (χ1v) is 7.78. The number of imidazole rings is 1. The van der Waals surface area contributed by atoms with Crippen LogP contribution in [0, 0.1) is 0 Å². The van der Waals surface area contributed by atoms with Crippen LogP contribution in [0.4, 0.5) is 4.79 Å². The number of carbonyl (C=O) groups is 1. The molecule has 116 valence electrons. The number of para-hydroxylation sites is 1. The minimum absolute atomic E-state index is 0.00837. The molecule has 1 fully saturated rings. The molecule has 22 heavy (non-hydrogen) atoms. The predicted octanol–water partition coefficient (Wildman–Crippen LogP) is 3.13. The number of piperidine rings is 1. The fourth-order valence-electron chi connectivity index (χ4n) is 3.02. The molecule has 2 heterocycles. The zero-order valence-electron chi connectivity index (χ0n) is 12.8. The Morgan fingerprint density at radius 3 is 2.77 bits per heavy atom. The Hall–Kier alpha value is -2.30. The third kappa shape index (κ3) is 2.98. The van der Waals surface area contributed by atoms with Crippen LogP contribution in [0.5, 0.6) is 5.75 Å². The molecule has 0 N–H and O–H groups in total. The maximum atomic E-state index is 12.3. The summed E-state index contributed by atoms with van der Waals surface area (Å²) in [7, 11) is 0. The van der Waals surface area contributed by atoms with Crippen molar-refractivity contribution in [1.29, 1.82) is 0 Å². The fraction of sp³-hybridized carbons (Fsp3) is 0.412. The van der Waals surface area contributed by atoms with Gasteiger partial charge in [-0.15, -0.1) is 0 Å². The minimum Gasteiger partial charge on any atom is -0.494 e. The van der Waals surface area contributed by atoms with Crippen LogP contribution >= 0.6 is 0 Å². The SMILES string of the molecule is CCOc1ccccc1C1CCN(C(=O)n2ccnc2)CC1. The number of carbonyl (C=O) groups excluding carboxylic acids is 1. The van der Waals surface area contributed by atoms with Crippen LogP contribution in [0.25, 0.3) is 0 Å². The molecule has 1 aromatic heterocycles. The van der Waals surface area contributed by atoms with Crippen LogP contribution < -0.4 is 4.74 Å². The largest absolute Gasteiger partial charge is 0.494 e. The second kappa shape index (κ2) is 6.64. The highest BCUT2D eigenvalue weighted by molar-refractivity contribution is 5.76. The molecule has 1 aliphatic heterocycles. The maximum absolute atomic E-state index is 12.3. The van der Waals surface area contributed by atoms with Crippen LogP contribution in [0.1, 0.15) is 31.2 Å². The highest BCUT2D eigenvalue weighted by Gasteiger charge is 2.26. The Morgan fingerprint density at radius 1 is 1.32 bits per heavy atom. The van der Waals surface area contributed by atoms with Crippen molar-refractivity contribution in [2.45, 2.75) is 25.7 Å². The summed E-state index contributed by atoms with van der Waals surface area (Å²) < 4.78 is 7.27. The Kier molecular flexibility index (Phi) is 4.42. The van der Waals surface area contributed by atoms with Crippen LogP contribution in [0.2, 0.25) is 0 Å². The quantitative estimate of drug-likeness (QED) is 0.875. The molecule has 5 nitrogen and oxygen atoms in total. The number of likely N-dealkylation sites (tertiary alicyclic amines) is 1. The van der Waals surface area contributed by atoms with Gasteiger partial charge in [-0.25, -0.2) is 9.78 Å².